The molecule has 168 valence electrons. The number of amides is 1. The smallest absolute Gasteiger partial charge is 0.475 e. The van der Waals surface area contributed by atoms with Gasteiger partial charge in [0.2, 0.25) is 5.91 Å². The maximum atomic E-state index is 13.8. The van der Waals surface area contributed by atoms with E-state index in [2.05, 4.69) is 4.98 Å². The maximum Gasteiger partial charge on any atom is 0.490 e. The molecule has 0 saturated heterocycles. The van der Waals surface area contributed by atoms with Crippen LogP contribution in [-0.2, 0) is 16.0 Å². The molecule has 2 heterocycles. The number of hydrogen-bond acceptors (Lipinski definition) is 3. The van der Waals surface area contributed by atoms with E-state index in [9.17, 15) is 18.0 Å². The minimum atomic E-state index is -5.08. The summed E-state index contributed by atoms with van der Waals surface area (Å²) in [4.78, 5) is 26.5. The molecule has 2 aliphatic rings. The molecule has 9 heteroatoms. The van der Waals surface area contributed by atoms with Crippen LogP contribution in [0, 0.1) is 5.92 Å². The zero-order valence-electron chi connectivity index (χ0n) is 28.7. The van der Waals surface area contributed by atoms with Crippen molar-refractivity contribution in [2.24, 2.45) is 5.92 Å². The summed E-state index contributed by atoms with van der Waals surface area (Å²) in [5.41, 5.74) is 2.70. The highest BCUT2D eigenvalue weighted by Crippen LogP contribution is 2.40. The second kappa shape index (κ2) is 8.74. The Balaban J connectivity index is 0.000000676. The summed E-state index contributed by atoms with van der Waals surface area (Å²) in [6.07, 6.45) is -1.63. The van der Waals surface area contributed by atoms with Gasteiger partial charge in [-0.3, -0.25) is 9.69 Å². The van der Waals surface area contributed by atoms with Crippen LogP contribution in [0.5, 0.6) is 0 Å². The van der Waals surface area contributed by atoms with Crippen molar-refractivity contribution >= 4 is 28.4 Å². The van der Waals surface area contributed by atoms with E-state index in [1.807, 2.05) is 6.07 Å². The number of rotatable bonds is 3. The first-order chi connectivity index (χ1) is 19.6. The van der Waals surface area contributed by atoms with Crippen LogP contribution < -0.4 is 0 Å². The fourth-order valence-electron chi connectivity index (χ4n) is 3.70. The van der Waals surface area contributed by atoms with Gasteiger partial charge >= 0.3 is 12.1 Å². The molecule has 1 amide bonds. The zero-order valence-corrected chi connectivity index (χ0v) is 15.7. The Labute approximate surface area is 196 Å². The molecule has 1 aromatic heterocycles. The molecule has 31 heavy (non-hydrogen) atoms. The molecule has 2 atom stereocenters. The number of aliphatic carboxylic acids is 1. The van der Waals surface area contributed by atoms with Crippen molar-refractivity contribution in [3.63, 3.8) is 0 Å². The van der Waals surface area contributed by atoms with Gasteiger partial charge in [-0.1, -0.05) is 18.2 Å². The summed E-state index contributed by atoms with van der Waals surface area (Å²) in [7, 11) is 0. The van der Waals surface area contributed by atoms with E-state index in [-0.39, 0.29) is 11.3 Å². The minimum absolute atomic E-state index is 0.290. The van der Waals surface area contributed by atoms with E-state index in [0.717, 1.165) is 21.4 Å². The number of H-pyrrole nitrogens is 1. The van der Waals surface area contributed by atoms with Crippen molar-refractivity contribution in [1.29, 1.82) is 0 Å². The van der Waals surface area contributed by atoms with Crippen LogP contribution >= 0.6 is 0 Å². The number of fused-ring (bicyclic) bond motifs is 2. The third kappa shape index (κ3) is 4.46. The number of nitrogens with one attached hydrogen (secondary N) is 1. The van der Waals surface area contributed by atoms with Crippen LogP contribution in [0.1, 0.15) is 42.7 Å². The number of hydrogen-bond donors (Lipinski definition) is 2. The van der Waals surface area contributed by atoms with Crippen molar-refractivity contribution in [3.8, 4) is 0 Å². The van der Waals surface area contributed by atoms with Crippen LogP contribution in [-0.4, -0.2) is 70.5 Å². The zero-order chi connectivity index (χ0) is 34.0. The van der Waals surface area contributed by atoms with Gasteiger partial charge in [-0.25, -0.2) is 4.79 Å². The van der Waals surface area contributed by atoms with Gasteiger partial charge in [-0.15, -0.1) is 0 Å². The van der Waals surface area contributed by atoms with Gasteiger partial charge in [-0.2, -0.15) is 13.2 Å². The van der Waals surface area contributed by atoms with E-state index in [4.69, 9.17) is 27.7 Å². The fraction of sp³-hybridized carbons (Fsp3) is 0.455. The Morgan fingerprint density at radius 2 is 2.06 bits per heavy atom. The van der Waals surface area contributed by atoms with E-state index in [1.54, 1.807) is 18.3 Å². The number of benzene rings is 1. The lowest BCUT2D eigenvalue weighted by Crippen LogP contribution is -2.47. The number of carbonyl (C=O) groups is 2. The standard InChI is InChI=1S/C20H25N3O.C2HF3O2/c1-4-23(5-2)20(24)14-9-16-15-7-6-8-17-19(15)13(11-21-17)10-18(16)22(3)12-14;3-2(4,5)1(6)7/h6-9,11,14,18,21H,4-5,10,12H2,1-3H3;(H,6,7)/t14-,18-;/m1./s1/i1D3,2D3,3D3,4D2,5D2;. The molecule has 2 aromatic rings. The van der Waals surface area contributed by atoms with E-state index >= 15 is 0 Å². The lowest BCUT2D eigenvalue weighted by Gasteiger charge is -2.40. The predicted molar refractivity (Wildman–Crippen MR) is 112 cm³/mol. The van der Waals surface area contributed by atoms with Crippen LogP contribution in [0.2, 0.25) is 0 Å². The molecule has 2 N–H and O–H groups in total. The van der Waals surface area contributed by atoms with Gasteiger partial charge in [0.1, 0.15) is 0 Å². The number of carboxylic acid groups (broad SMARTS) is 1. The number of nitrogens with zero attached hydrogens (tertiary/aromatic N) is 2. The molecule has 0 fully saturated rings. The average molecular weight is 451 g/mol. The van der Waals surface area contributed by atoms with Gasteiger partial charge in [0, 0.05) is 60.5 Å². The molecule has 4 rings (SSSR count). The second-order valence-corrected chi connectivity index (χ2v) is 6.84. The monoisotopic (exact) mass is 450 g/mol. The predicted octanol–water partition coefficient (Wildman–Crippen LogP) is 3.54. The summed E-state index contributed by atoms with van der Waals surface area (Å²) in [6, 6.07) is 4.61. The van der Waals surface area contributed by atoms with Crippen molar-refractivity contribution in [2.75, 3.05) is 26.5 Å². The van der Waals surface area contributed by atoms with Gasteiger partial charge in [-0.05, 0) is 49.9 Å². The number of halogens is 3. The van der Waals surface area contributed by atoms with Gasteiger partial charge < -0.3 is 15.0 Å². The van der Waals surface area contributed by atoms with Gasteiger partial charge in [0.25, 0.3) is 0 Å². The molecular formula is C22H26F3N3O3. The lowest BCUT2D eigenvalue weighted by atomic mass is 9.79. The number of likely N-dealkylation sites (N-methyl/N-ethyl adjacent to an activating group) is 1. The Kier molecular flexibility index (Phi) is 3.15. The van der Waals surface area contributed by atoms with Crippen molar-refractivity contribution in [1.82, 2.24) is 14.8 Å². The van der Waals surface area contributed by atoms with Crippen LogP contribution in [0.25, 0.3) is 16.5 Å². The lowest BCUT2D eigenvalue weighted by molar-refractivity contribution is -0.192. The summed E-state index contributed by atoms with van der Waals surface area (Å²) in [5.74, 6) is -5.78. The Bertz CT molecular complexity index is 1440. The third-order valence-corrected chi connectivity index (χ3v) is 5.02. The molecule has 1 aromatic carbocycles. The molecule has 0 radical (unpaired) electrons. The summed E-state index contributed by atoms with van der Waals surface area (Å²) in [6.45, 7) is -17.9. The highest BCUT2D eigenvalue weighted by molar-refractivity contribution is 5.99. The highest BCUT2D eigenvalue weighted by Gasteiger charge is 2.38. The Morgan fingerprint density at radius 1 is 1.35 bits per heavy atom. The van der Waals surface area contributed by atoms with E-state index < -0.39 is 70.2 Å². The largest absolute Gasteiger partial charge is 0.490 e. The second-order valence-electron chi connectivity index (χ2n) is 6.84. The molecular weight excluding hydrogens is 411 g/mol. The third-order valence-electron chi connectivity index (χ3n) is 5.02. The number of aromatic nitrogens is 1. The summed E-state index contributed by atoms with van der Waals surface area (Å²) >= 11 is 0. The van der Waals surface area contributed by atoms with Crippen LogP contribution in [0.15, 0.2) is 30.5 Å². The molecule has 0 bridgehead atoms. The summed E-state index contributed by atoms with van der Waals surface area (Å²) in [5, 5.41) is 7.94. The normalized spacial score (nSPS) is 28.7. The maximum absolute atomic E-state index is 13.8. The van der Waals surface area contributed by atoms with Crippen molar-refractivity contribution in [2.45, 2.75) is 32.3 Å². The highest BCUT2D eigenvalue weighted by atomic mass is 19.4. The SMILES string of the molecule is O=C(O)C(F)(F)F.[2H]C([2H])([2H])N1C[C@H](C(=O)N(C([2H])([2H])C([2H])([2H])[2H])C([2H])([2H])C([2H])([2H])[2H])C=C2c3cccc4[nH]cc(c34)C[C@H]21. The van der Waals surface area contributed by atoms with E-state index in [0.29, 0.717) is 11.1 Å². The number of alkyl halides is 3. The first-order valence-corrected chi connectivity index (χ1v) is 8.86. The molecule has 1 aliphatic carbocycles. The molecule has 0 saturated carbocycles. The molecule has 0 unspecified atom stereocenters. The Morgan fingerprint density at radius 3 is 2.68 bits per heavy atom. The first-order valence-electron chi connectivity index (χ1n) is 15.4. The Hall–Kier alpha value is -2.81. The summed E-state index contributed by atoms with van der Waals surface area (Å²) < 4.78 is 134. The van der Waals surface area contributed by atoms with E-state index in [1.165, 1.54) is 6.08 Å². The number of carbonyl (C=O) groups excluding carboxylic acids is 1. The van der Waals surface area contributed by atoms with Gasteiger partial charge in [0.05, 0.1) is 5.92 Å². The molecule has 0 spiro atoms. The number of aromatic amines is 1. The van der Waals surface area contributed by atoms with Crippen molar-refractivity contribution in [3.05, 3.63) is 41.6 Å². The number of carboxylic acids is 1. The van der Waals surface area contributed by atoms with Crippen molar-refractivity contribution < 1.29 is 45.7 Å². The van der Waals surface area contributed by atoms with Crippen LogP contribution in [0.3, 0.4) is 0 Å². The van der Waals surface area contributed by atoms with Gasteiger partial charge in [0.15, 0.2) is 0 Å². The molecule has 6 nitrogen and oxygen atoms in total. The fourth-order valence-corrected chi connectivity index (χ4v) is 3.70. The first kappa shape index (κ1) is 11.2. The van der Waals surface area contributed by atoms with Crippen LogP contribution in [0.4, 0.5) is 13.2 Å². The topological polar surface area (TPSA) is 76.6 Å². The average Bonchev–Trinajstić information content (AvgIpc) is 3.25. The molecule has 1 aliphatic heterocycles. The minimum Gasteiger partial charge on any atom is -0.475 e. The quantitative estimate of drug-likeness (QED) is 0.750.